The van der Waals surface area contributed by atoms with Crippen LogP contribution < -0.4 is 9.64 Å². The zero-order valence-corrected chi connectivity index (χ0v) is 11.4. The normalized spacial score (nSPS) is 11.3. The second-order valence-corrected chi connectivity index (χ2v) is 5.20. The van der Waals surface area contributed by atoms with E-state index in [0.717, 1.165) is 18.0 Å². The number of anilines is 1. The summed E-state index contributed by atoms with van der Waals surface area (Å²) in [5.74, 6) is 1.77. The van der Waals surface area contributed by atoms with E-state index < -0.39 is 0 Å². The van der Waals surface area contributed by atoms with E-state index >= 15 is 0 Å². The van der Waals surface area contributed by atoms with Crippen molar-refractivity contribution in [2.75, 3.05) is 31.4 Å². The van der Waals surface area contributed by atoms with Crippen LogP contribution in [0.3, 0.4) is 0 Å². The van der Waals surface area contributed by atoms with Gasteiger partial charge in [0.15, 0.2) is 0 Å². The Bertz CT molecular complexity index is 338. The van der Waals surface area contributed by atoms with Crippen LogP contribution in [0.25, 0.3) is 0 Å². The molecule has 0 saturated carbocycles. The highest BCUT2D eigenvalue weighted by molar-refractivity contribution is 7.80. The van der Waals surface area contributed by atoms with Crippen LogP contribution >= 0.6 is 12.6 Å². The molecule has 0 aliphatic carbocycles. The van der Waals surface area contributed by atoms with Crippen molar-refractivity contribution in [1.29, 1.82) is 0 Å². The van der Waals surface area contributed by atoms with Gasteiger partial charge in [-0.2, -0.15) is 12.6 Å². The summed E-state index contributed by atoms with van der Waals surface area (Å²) in [6.07, 6.45) is 0. The Hall–Kier alpha value is -0.830. The molecule has 0 aliphatic heterocycles. The van der Waals surface area contributed by atoms with Crippen molar-refractivity contribution in [1.82, 2.24) is 0 Å². The van der Waals surface area contributed by atoms with Crippen LogP contribution in [0.5, 0.6) is 5.75 Å². The van der Waals surface area contributed by atoms with Crippen molar-refractivity contribution >= 4 is 18.3 Å². The van der Waals surface area contributed by atoms with Gasteiger partial charge in [-0.15, -0.1) is 0 Å². The molecule has 1 aromatic rings. The van der Waals surface area contributed by atoms with Gasteiger partial charge in [-0.1, -0.05) is 19.9 Å². The fraction of sp³-hybridized carbons (Fsp3) is 0.538. The first kappa shape index (κ1) is 13.2. The van der Waals surface area contributed by atoms with Crippen LogP contribution in [-0.2, 0) is 0 Å². The Morgan fingerprint density at radius 2 is 2.06 bits per heavy atom. The van der Waals surface area contributed by atoms with E-state index in [9.17, 15) is 0 Å². The van der Waals surface area contributed by atoms with E-state index in [0.29, 0.717) is 0 Å². The maximum atomic E-state index is 5.22. The van der Waals surface area contributed by atoms with E-state index in [1.807, 2.05) is 12.1 Å². The van der Waals surface area contributed by atoms with E-state index in [-0.39, 0.29) is 5.41 Å². The zero-order chi connectivity index (χ0) is 12.2. The van der Waals surface area contributed by atoms with Gasteiger partial charge in [0.2, 0.25) is 0 Å². The van der Waals surface area contributed by atoms with Gasteiger partial charge in [-0.3, -0.25) is 0 Å². The van der Waals surface area contributed by atoms with Gasteiger partial charge in [0.1, 0.15) is 5.75 Å². The molecule has 0 unspecified atom stereocenters. The molecule has 0 spiro atoms. The first-order chi connectivity index (χ1) is 7.48. The molecule has 0 heterocycles. The Kier molecular flexibility index (Phi) is 4.54. The minimum Gasteiger partial charge on any atom is -0.497 e. The monoisotopic (exact) mass is 239 g/mol. The van der Waals surface area contributed by atoms with Crippen LogP contribution in [0.2, 0.25) is 0 Å². The molecule has 0 amide bonds. The van der Waals surface area contributed by atoms with E-state index in [1.54, 1.807) is 7.11 Å². The number of nitrogens with zero attached hydrogens (tertiary/aromatic N) is 1. The number of ether oxygens (including phenoxy) is 1. The van der Waals surface area contributed by atoms with Gasteiger partial charge in [-0.25, -0.2) is 0 Å². The lowest BCUT2D eigenvalue weighted by Gasteiger charge is -2.30. The van der Waals surface area contributed by atoms with Crippen LogP contribution in [-0.4, -0.2) is 26.5 Å². The largest absolute Gasteiger partial charge is 0.497 e. The standard InChI is InChI=1S/C13H21NOS/c1-13(2,10-16)9-14(3)11-6-5-7-12(8-11)15-4/h5-8,16H,9-10H2,1-4H3. The van der Waals surface area contributed by atoms with Gasteiger partial charge in [0.25, 0.3) is 0 Å². The molecule has 0 aliphatic rings. The summed E-state index contributed by atoms with van der Waals surface area (Å²) < 4.78 is 5.22. The smallest absolute Gasteiger partial charge is 0.120 e. The topological polar surface area (TPSA) is 12.5 Å². The fourth-order valence-corrected chi connectivity index (χ4v) is 1.73. The lowest BCUT2D eigenvalue weighted by Crippen LogP contribution is -2.32. The minimum absolute atomic E-state index is 0.209. The van der Waals surface area contributed by atoms with Crippen molar-refractivity contribution in [2.24, 2.45) is 5.41 Å². The van der Waals surface area contributed by atoms with Gasteiger partial charge in [0.05, 0.1) is 7.11 Å². The second kappa shape index (κ2) is 5.48. The average molecular weight is 239 g/mol. The lowest BCUT2D eigenvalue weighted by molar-refractivity contribution is 0.413. The Labute approximate surface area is 104 Å². The number of rotatable bonds is 5. The van der Waals surface area contributed by atoms with Gasteiger partial charge >= 0.3 is 0 Å². The maximum absolute atomic E-state index is 5.22. The molecule has 90 valence electrons. The summed E-state index contributed by atoms with van der Waals surface area (Å²) in [4.78, 5) is 2.23. The molecule has 2 nitrogen and oxygen atoms in total. The van der Waals surface area contributed by atoms with Crippen LogP contribution in [0.15, 0.2) is 24.3 Å². The first-order valence-electron chi connectivity index (χ1n) is 5.44. The third-order valence-corrected chi connectivity index (χ3v) is 3.44. The maximum Gasteiger partial charge on any atom is 0.120 e. The minimum atomic E-state index is 0.209. The third kappa shape index (κ3) is 3.63. The zero-order valence-electron chi connectivity index (χ0n) is 10.5. The quantitative estimate of drug-likeness (QED) is 0.793. The van der Waals surface area contributed by atoms with Gasteiger partial charge in [-0.05, 0) is 23.3 Å². The molecular formula is C13H21NOS. The molecule has 0 atom stereocenters. The first-order valence-corrected chi connectivity index (χ1v) is 6.08. The molecule has 16 heavy (non-hydrogen) atoms. The summed E-state index contributed by atoms with van der Waals surface area (Å²) in [6.45, 7) is 5.41. The number of methoxy groups -OCH3 is 1. The molecule has 0 radical (unpaired) electrons. The van der Waals surface area contributed by atoms with Crippen LogP contribution in [0.4, 0.5) is 5.69 Å². The molecular weight excluding hydrogens is 218 g/mol. The average Bonchev–Trinajstić information content (AvgIpc) is 2.28. The number of hydrogen-bond acceptors (Lipinski definition) is 3. The van der Waals surface area contributed by atoms with Crippen LogP contribution in [0.1, 0.15) is 13.8 Å². The summed E-state index contributed by atoms with van der Waals surface area (Å²) in [7, 11) is 3.79. The summed E-state index contributed by atoms with van der Waals surface area (Å²) in [5, 5.41) is 0. The molecule has 3 heteroatoms. The fourth-order valence-electron chi connectivity index (χ4n) is 1.63. The predicted octanol–water partition coefficient (Wildman–Crippen LogP) is 3.09. The second-order valence-electron chi connectivity index (χ2n) is 4.88. The van der Waals surface area contributed by atoms with E-state index in [1.165, 1.54) is 5.69 Å². The molecule has 0 bridgehead atoms. The lowest BCUT2D eigenvalue weighted by atomic mass is 9.95. The van der Waals surface area contributed by atoms with Gasteiger partial charge < -0.3 is 9.64 Å². The third-order valence-electron chi connectivity index (χ3n) is 2.59. The summed E-state index contributed by atoms with van der Waals surface area (Å²) >= 11 is 4.38. The van der Waals surface area contributed by atoms with Crippen molar-refractivity contribution in [3.05, 3.63) is 24.3 Å². The van der Waals surface area contributed by atoms with E-state index in [4.69, 9.17) is 4.74 Å². The molecule has 1 aromatic carbocycles. The summed E-state index contributed by atoms with van der Waals surface area (Å²) in [5.41, 5.74) is 1.38. The number of hydrogen-bond donors (Lipinski definition) is 1. The Balaban J connectivity index is 2.76. The summed E-state index contributed by atoms with van der Waals surface area (Å²) in [6, 6.07) is 8.12. The van der Waals surface area contributed by atoms with Crippen molar-refractivity contribution in [3.63, 3.8) is 0 Å². The number of thiol groups is 1. The molecule has 0 N–H and O–H groups in total. The molecule has 0 fully saturated rings. The van der Waals surface area contributed by atoms with Crippen molar-refractivity contribution in [3.8, 4) is 5.75 Å². The highest BCUT2D eigenvalue weighted by atomic mass is 32.1. The highest BCUT2D eigenvalue weighted by Gasteiger charge is 2.18. The van der Waals surface area contributed by atoms with E-state index in [2.05, 4.69) is 50.6 Å². The molecule has 0 aromatic heterocycles. The van der Waals surface area contributed by atoms with Gasteiger partial charge in [0, 0.05) is 25.3 Å². The number of benzene rings is 1. The molecule has 0 saturated heterocycles. The Morgan fingerprint density at radius 3 is 2.62 bits per heavy atom. The highest BCUT2D eigenvalue weighted by Crippen LogP contribution is 2.24. The molecule has 1 rings (SSSR count). The van der Waals surface area contributed by atoms with Crippen molar-refractivity contribution < 1.29 is 4.74 Å². The van der Waals surface area contributed by atoms with Crippen LogP contribution in [0, 0.1) is 5.41 Å². The predicted molar refractivity (Wildman–Crippen MR) is 73.9 cm³/mol. The SMILES string of the molecule is COc1cccc(N(C)CC(C)(C)CS)c1. The Morgan fingerprint density at radius 1 is 1.38 bits per heavy atom. The van der Waals surface area contributed by atoms with Crippen molar-refractivity contribution in [2.45, 2.75) is 13.8 Å².